The first-order chi connectivity index (χ1) is 12.1. The van der Waals surface area contributed by atoms with Gasteiger partial charge in [-0.2, -0.15) is 0 Å². The van der Waals surface area contributed by atoms with Crippen LogP contribution in [0.2, 0.25) is 0 Å². The fourth-order valence-electron chi connectivity index (χ4n) is 2.11. The average molecular weight is 342 g/mol. The van der Waals surface area contributed by atoms with E-state index >= 15 is 0 Å². The molecule has 0 fully saturated rings. The molecule has 7 heteroatoms. The highest BCUT2D eigenvalue weighted by Gasteiger charge is 2.10. The normalized spacial score (nSPS) is 11.6. The van der Waals surface area contributed by atoms with E-state index in [4.69, 9.17) is 10.5 Å². The number of anilines is 1. The summed E-state index contributed by atoms with van der Waals surface area (Å²) in [7, 11) is 0. The van der Waals surface area contributed by atoms with Crippen molar-refractivity contribution in [2.75, 3.05) is 25.1 Å². The van der Waals surface area contributed by atoms with Gasteiger partial charge in [0.05, 0.1) is 0 Å². The molecular formula is C18H22N4O3. The molecule has 2 aromatic rings. The molecule has 0 aliphatic heterocycles. The number of aromatic nitrogens is 1. The molecule has 25 heavy (non-hydrogen) atoms. The first kappa shape index (κ1) is 18.6. The Labute approximate surface area is 146 Å². The maximum Gasteiger partial charge on any atom is 0.255 e. The van der Waals surface area contributed by atoms with E-state index in [0.29, 0.717) is 24.4 Å². The standard InChI is InChI=1S/C18H22N4O3/c1-2-25-12-17(23)21-11-16(19)13-3-5-14(6-4-13)18(24)22-15-7-9-20-10-8-15/h3-10,16H,2,11-12,19H2,1H3,(H,21,23)(H,20,22,24). The van der Waals surface area contributed by atoms with Crippen molar-refractivity contribution in [2.24, 2.45) is 5.73 Å². The van der Waals surface area contributed by atoms with Crippen LogP contribution in [0.25, 0.3) is 0 Å². The van der Waals surface area contributed by atoms with Gasteiger partial charge in [-0.3, -0.25) is 14.6 Å². The summed E-state index contributed by atoms with van der Waals surface area (Å²) in [5, 5.41) is 5.50. The van der Waals surface area contributed by atoms with Crippen molar-refractivity contribution in [2.45, 2.75) is 13.0 Å². The lowest BCUT2D eigenvalue weighted by Gasteiger charge is -2.14. The minimum absolute atomic E-state index is 0.0251. The van der Waals surface area contributed by atoms with Crippen molar-refractivity contribution >= 4 is 17.5 Å². The smallest absolute Gasteiger partial charge is 0.255 e. The van der Waals surface area contributed by atoms with Gasteiger partial charge in [0.15, 0.2) is 0 Å². The zero-order valence-electron chi connectivity index (χ0n) is 14.1. The molecular weight excluding hydrogens is 320 g/mol. The Morgan fingerprint density at radius 3 is 2.48 bits per heavy atom. The molecule has 0 saturated carbocycles. The van der Waals surface area contributed by atoms with Crippen LogP contribution in [0.5, 0.6) is 0 Å². The third-order valence-electron chi connectivity index (χ3n) is 3.50. The fraction of sp³-hybridized carbons (Fsp3) is 0.278. The highest BCUT2D eigenvalue weighted by atomic mass is 16.5. The molecule has 2 amide bonds. The molecule has 0 radical (unpaired) electrons. The Bertz CT molecular complexity index is 689. The number of amides is 2. The van der Waals surface area contributed by atoms with Crippen molar-refractivity contribution in [3.8, 4) is 0 Å². The van der Waals surface area contributed by atoms with Crippen LogP contribution in [0.1, 0.15) is 28.9 Å². The first-order valence-electron chi connectivity index (χ1n) is 8.01. The largest absolute Gasteiger partial charge is 0.372 e. The van der Waals surface area contributed by atoms with E-state index in [2.05, 4.69) is 15.6 Å². The van der Waals surface area contributed by atoms with Gasteiger partial charge in [0, 0.05) is 42.8 Å². The number of nitrogens with two attached hydrogens (primary N) is 1. The van der Waals surface area contributed by atoms with E-state index in [1.807, 2.05) is 6.92 Å². The van der Waals surface area contributed by atoms with E-state index in [9.17, 15) is 9.59 Å². The minimum Gasteiger partial charge on any atom is -0.372 e. The maximum absolute atomic E-state index is 12.2. The van der Waals surface area contributed by atoms with Crippen molar-refractivity contribution in [3.63, 3.8) is 0 Å². The van der Waals surface area contributed by atoms with Crippen molar-refractivity contribution in [3.05, 3.63) is 59.9 Å². The van der Waals surface area contributed by atoms with Crippen LogP contribution in [0, 0.1) is 0 Å². The number of nitrogens with zero attached hydrogens (tertiary/aromatic N) is 1. The van der Waals surface area contributed by atoms with Crippen molar-refractivity contribution < 1.29 is 14.3 Å². The second-order valence-corrected chi connectivity index (χ2v) is 5.36. The second-order valence-electron chi connectivity index (χ2n) is 5.36. The summed E-state index contributed by atoms with van der Waals surface area (Å²) in [4.78, 5) is 27.6. The van der Waals surface area contributed by atoms with Crippen molar-refractivity contribution in [1.29, 1.82) is 0 Å². The van der Waals surface area contributed by atoms with Crippen LogP contribution in [0.15, 0.2) is 48.8 Å². The molecule has 1 aromatic heterocycles. The van der Waals surface area contributed by atoms with Gasteiger partial charge in [-0.15, -0.1) is 0 Å². The Balaban J connectivity index is 1.88. The van der Waals surface area contributed by atoms with Crippen LogP contribution >= 0.6 is 0 Å². The van der Waals surface area contributed by atoms with E-state index in [-0.39, 0.29) is 24.5 Å². The zero-order chi connectivity index (χ0) is 18.1. The minimum atomic E-state index is -0.358. The number of hydrogen-bond donors (Lipinski definition) is 3. The summed E-state index contributed by atoms with van der Waals surface area (Å²) in [5.41, 5.74) is 8.09. The fourth-order valence-corrected chi connectivity index (χ4v) is 2.11. The molecule has 0 saturated heterocycles. The maximum atomic E-state index is 12.2. The SMILES string of the molecule is CCOCC(=O)NCC(N)c1ccc(C(=O)Nc2ccncc2)cc1. The third kappa shape index (κ3) is 5.98. The Kier molecular flexibility index (Phi) is 7.06. The Morgan fingerprint density at radius 1 is 1.16 bits per heavy atom. The van der Waals surface area contributed by atoms with E-state index in [0.717, 1.165) is 5.56 Å². The zero-order valence-corrected chi connectivity index (χ0v) is 14.1. The Morgan fingerprint density at radius 2 is 1.84 bits per heavy atom. The summed E-state index contributed by atoms with van der Waals surface area (Å²) < 4.78 is 5.02. The molecule has 2 rings (SSSR count). The summed E-state index contributed by atoms with van der Waals surface area (Å²) in [6.45, 7) is 2.64. The van der Waals surface area contributed by atoms with Crippen LogP contribution in [0.3, 0.4) is 0 Å². The molecule has 1 atom stereocenters. The molecule has 1 heterocycles. The topological polar surface area (TPSA) is 106 Å². The number of hydrogen-bond acceptors (Lipinski definition) is 5. The van der Waals surface area contributed by atoms with E-state index in [1.54, 1.807) is 48.8 Å². The predicted octanol–water partition coefficient (Wildman–Crippen LogP) is 1.49. The quantitative estimate of drug-likeness (QED) is 0.674. The molecule has 132 valence electrons. The second kappa shape index (κ2) is 9.51. The van der Waals surface area contributed by atoms with Crippen molar-refractivity contribution in [1.82, 2.24) is 10.3 Å². The highest BCUT2D eigenvalue weighted by Crippen LogP contribution is 2.13. The molecule has 1 aromatic carbocycles. The van der Waals surface area contributed by atoms with Crippen LogP contribution in [-0.4, -0.2) is 36.6 Å². The number of carbonyl (C=O) groups excluding carboxylic acids is 2. The lowest BCUT2D eigenvalue weighted by molar-refractivity contribution is -0.125. The number of carbonyl (C=O) groups is 2. The summed E-state index contributed by atoms with van der Waals surface area (Å²) in [5.74, 6) is -0.415. The van der Waals surface area contributed by atoms with Gasteiger partial charge in [0.1, 0.15) is 6.61 Å². The van der Waals surface area contributed by atoms with Gasteiger partial charge in [0.2, 0.25) is 5.91 Å². The van der Waals surface area contributed by atoms with Crippen LogP contribution < -0.4 is 16.4 Å². The van der Waals surface area contributed by atoms with Gasteiger partial charge in [0.25, 0.3) is 5.91 Å². The number of nitrogens with one attached hydrogen (secondary N) is 2. The lowest BCUT2D eigenvalue weighted by atomic mass is 10.0. The number of rotatable bonds is 8. The Hall–Kier alpha value is -2.77. The summed E-state index contributed by atoms with van der Waals surface area (Å²) in [6, 6.07) is 10.0. The molecule has 0 bridgehead atoms. The third-order valence-corrected chi connectivity index (χ3v) is 3.50. The molecule has 1 unspecified atom stereocenters. The van der Waals surface area contributed by atoms with E-state index < -0.39 is 0 Å². The molecule has 4 N–H and O–H groups in total. The van der Waals surface area contributed by atoms with Crippen LogP contribution in [0.4, 0.5) is 5.69 Å². The molecule has 0 aliphatic rings. The van der Waals surface area contributed by atoms with Gasteiger partial charge >= 0.3 is 0 Å². The van der Waals surface area contributed by atoms with Gasteiger partial charge in [-0.25, -0.2) is 0 Å². The highest BCUT2D eigenvalue weighted by molar-refractivity contribution is 6.04. The van der Waals surface area contributed by atoms with Gasteiger partial charge in [-0.05, 0) is 36.8 Å². The van der Waals surface area contributed by atoms with Crippen LogP contribution in [-0.2, 0) is 9.53 Å². The monoisotopic (exact) mass is 342 g/mol. The molecule has 7 nitrogen and oxygen atoms in total. The lowest BCUT2D eigenvalue weighted by Crippen LogP contribution is -2.34. The van der Waals surface area contributed by atoms with E-state index in [1.165, 1.54) is 0 Å². The summed E-state index contributed by atoms with van der Waals surface area (Å²) >= 11 is 0. The summed E-state index contributed by atoms with van der Waals surface area (Å²) in [6.07, 6.45) is 3.22. The molecule has 0 spiro atoms. The number of pyridine rings is 1. The van der Waals surface area contributed by atoms with Gasteiger partial charge in [-0.1, -0.05) is 12.1 Å². The molecule has 0 aliphatic carbocycles. The number of benzene rings is 1. The first-order valence-corrected chi connectivity index (χ1v) is 8.01. The average Bonchev–Trinajstić information content (AvgIpc) is 2.65. The predicted molar refractivity (Wildman–Crippen MR) is 95.1 cm³/mol. The van der Waals surface area contributed by atoms with Gasteiger partial charge < -0.3 is 21.1 Å². The number of ether oxygens (including phenoxy) is 1.